The van der Waals surface area contributed by atoms with E-state index in [2.05, 4.69) is 20.8 Å². The zero-order valence-electron chi connectivity index (χ0n) is 12.7. The molecule has 0 radical (unpaired) electrons. The van der Waals surface area contributed by atoms with E-state index in [9.17, 15) is 4.79 Å². The van der Waals surface area contributed by atoms with Gasteiger partial charge in [0, 0.05) is 16.6 Å². The van der Waals surface area contributed by atoms with Crippen molar-refractivity contribution in [2.45, 2.75) is 24.0 Å². The lowest BCUT2D eigenvalue weighted by Crippen LogP contribution is -2.05. The molecule has 1 saturated carbocycles. The first-order chi connectivity index (χ1) is 11.7. The van der Waals surface area contributed by atoms with Crippen LogP contribution in [0.25, 0.3) is 10.7 Å². The van der Waals surface area contributed by atoms with Gasteiger partial charge in [0.05, 0.1) is 10.6 Å². The van der Waals surface area contributed by atoms with Crippen LogP contribution in [0, 0.1) is 0 Å². The van der Waals surface area contributed by atoms with E-state index in [1.54, 1.807) is 35.6 Å². The molecule has 1 aromatic carbocycles. The number of thioether (sulfide) groups is 1. The number of thiophene rings is 1. The van der Waals surface area contributed by atoms with Crippen LogP contribution in [-0.2, 0) is 0 Å². The summed E-state index contributed by atoms with van der Waals surface area (Å²) in [5.41, 5.74) is 0.669. The molecule has 0 saturated heterocycles. The second kappa shape index (κ2) is 6.70. The van der Waals surface area contributed by atoms with E-state index < -0.39 is 0 Å². The summed E-state index contributed by atoms with van der Waals surface area (Å²) < 4.78 is 2.19. The minimum absolute atomic E-state index is 0.0692. The molecule has 4 rings (SSSR count). The summed E-state index contributed by atoms with van der Waals surface area (Å²) in [4.78, 5) is 13.5. The molecule has 1 fully saturated rings. The highest BCUT2D eigenvalue weighted by Gasteiger charge is 2.30. The lowest BCUT2D eigenvalue weighted by molar-refractivity contribution is 0.102. The third-order valence-corrected chi connectivity index (χ3v) is 5.88. The molecule has 0 amide bonds. The van der Waals surface area contributed by atoms with Gasteiger partial charge in [-0.3, -0.25) is 9.36 Å². The minimum Gasteiger partial charge on any atom is -0.298 e. The van der Waals surface area contributed by atoms with Crippen molar-refractivity contribution in [3.63, 3.8) is 0 Å². The molecule has 122 valence electrons. The van der Waals surface area contributed by atoms with Crippen molar-refractivity contribution in [1.82, 2.24) is 14.8 Å². The Hall–Kier alpha value is -1.63. The number of carbonyl (C=O) groups is 1. The fourth-order valence-corrected chi connectivity index (χ4v) is 4.19. The maximum absolute atomic E-state index is 12.3. The van der Waals surface area contributed by atoms with Crippen molar-refractivity contribution in [2.75, 3.05) is 5.75 Å². The number of hydrogen-bond acceptors (Lipinski definition) is 5. The molecular formula is C17H14ClN3OS2. The summed E-state index contributed by atoms with van der Waals surface area (Å²) in [6.07, 6.45) is 2.30. The molecule has 0 spiro atoms. The van der Waals surface area contributed by atoms with Gasteiger partial charge < -0.3 is 0 Å². The number of hydrogen-bond donors (Lipinski definition) is 0. The summed E-state index contributed by atoms with van der Waals surface area (Å²) in [5, 5.41) is 12.2. The van der Waals surface area contributed by atoms with Gasteiger partial charge in [-0.1, -0.05) is 29.4 Å². The molecule has 0 bridgehead atoms. The molecular weight excluding hydrogens is 362 g/mol. The number of carbonyl (C=O) groups excluding carboxylic acids is 1. The van der Waals surface area contributed by atoms with Gasteiger partial charge in [0.1, 0.15) is 0 Å². The Morgan fingerprint density at radius 1 is 1.25 bits per heavy atom. The second-order valence-electron chi connectivity index (χ2n) is 5.60. The average Bonchev–Trinajstić information content (AvgIpc) is 3.11. The Morgan fingerprint density at radius 2 is 2.04 bits per heavy atom. The topological polar surface area (TPSA) is 47.8 Å². The zero-order valence-corrected chi connectivity index (χ0v) is 15.1. The lowest BCUT2D eigenvalue weighted by Gasteiger charge is -2.07. The van der Waals surface area contributed by atoms with Crippen molar-refractivity contribution >= 4 is 40.5 Å². The lowest BCUT2D eigenvalue weighted by atomic mass is 10.1. The van der Waals surface area contributed by atoms with E-state index in [0.29, 0.717) is 22.4 Å². The van der Waals surface area contributed by atoms with Crippen LogP contribution in [0.4, 0.5) is 0 Å². The van der Waals surface area contributed by atoms with Crippen LogP contribution in [0.1, 0.15) is 29.2 Å². The predicted octanol–water partition coefficient (Wildman–Crippen LogP) is 4.97. The average molecular weight is 376 g/mol. The highest BCUT2D eigenvalue weighted by Crippen LogP contribution is 2.41. The van der Waals surface area contributed by atoms with Crippen molar-refractivity contribution in [3.8, 4) is 10.7 Å². The van der Waals surface area contributed by atoms with Crippen LogP contribution >= 0.6 is 34.7 Å². The van der Waals surface area contributed by atoms with Gasteiger partial charge in [0.25, 0.3) is 0 Å². The monoisotopic (exact) mass is 375 g/mol. The van der Waals surface area contributed by atoms with E-state index in [0.717, 1.165) is 28.7 Å². The van der Waals surface area contributed by atoms with Crippen molar-refractivity contribution < 1.29 is 4.79 Å². The van der Waals surface area contributed by atoms with Gasteiger partial charge in [-0.25, -0.2) is 0 Å². The number of aromatic nitrogens is 3. The zero-order chi connectivity index (χ0) is 16.5. The largest absolute Gasteiger partial charge is 0.298 e. The summed E-state index contributed by atoms with van der Waals surface area (Å²) in [7, 11) is 0. The van der Waals surface area contributed by atoms with Gasteiger partial charge in [-0.2, -0.15) is 0 Å². The highest BCUT2D eigenvalue weighted by atomic mass is 35.5. The van der Waals surface area contributed by atoms with Gasteiger partial charge in [-0.05, 0) is 48.6 Å². The first kappa shape index (κ1) is 15.9. The SMILES string of the molecule is O=C(CSc1nnc(-c2cccs2)n1C1CC1)c1ccc(Cl)cc1. The molecule has 4 nitrogen and oxygen atoms in total. The molecule has 0 N–H and O–H groups in total. The standard InChI is InChI=1S/C17H14ClN3OS2/c18-12-5-3-11(4-6-12)14(22)10-24-17-20-19-16(15-2-1-9-23-15)21(17)13-7-8-13/h1-6,9,13H,7-8,10H2. The summed E-state index contributed by atoms with van der Waals surface area (Å²) in [6, 6.07) is 11.5. The number of Topliss-reactive ketones (excluding diaryl/α,β-unsaturated/α-hetero) is 1. The fraction of sp³-hybridized carbons (Fsp3) is 0.235. The predicted molar refractivity (Wildman–Crippen MR) is 98.1 cm³/mol. The fourth-order valence-electron chi connectivity index (χ4n) is 2.46. The first-order valence-electron chi connectivity index (χ1n) is 7.63. The molecule has 2 heterocycles. The molecule has 0 aliphatic heterocycles. The number of halogens is 1. The number of ketones is 1. The third kappa shape index (κ3) is 3.27. The van der Waals surface area contributed by atoms with Crippen molar-refractivity contribution in [2.24, 2.45) is 0 Å². The molecule has 0 unspecified atom stereocenters. The molecule has 3 aromatic rings. The molecule has 1 aliphatic rings. The number of benzene rings is 1. The van der Waals surface area contributed by atoms with Gasteiger partial charge in [-0.15, -0.1) is 21.5 Å². The molecule has 7 heteroatoms. The smallest absolute Gasteiger partial charge is 0.192 e. The van der Waals surface area contributed by atoms with E-state index >= 15 is 0 Å². The minimum atomic E-state index is 0.0692. The van der Waals surface area contributed by atoms with E-state index in [1.807, 2.05) is 11.4 Å². The number of nitrogens with zero attached hydrogens (tertiary/aromatic N) is 3. The van der Waals surface area contributed by atoms with Crippen molar-refractivity contribution in [1.29, 1.82) is 0 Å². The first-order valence-corrected chi connectivity index (χ1v) is 9.87. The molecule has 24 heavy (non-hydrogen) atoms. The van der Waals surface area contributed by atoms with E-state index in [1.165, 1.54) is 11.8 Å². The van der Waals surface area contributed by atoms with Crippen LogP contribution in [0.2, 0.25) is 5.02 Å². The Bertz CT molecular complexity index is 855. The van der Waals surface area contributed by atoms with E-state index in [4.69, 9.17) is 11.6 Å². The van der Waals surface area contributed by atoms with Crippen LogP contribution in [0.5, 0.6) is 0 Å². The van der Waals surface area contributed by atoms with Crippen LogP contribution in [0.15, 0.2) is 46.9 Å². The summed E-state index contributed by atoms with van der Waals surface area (Å²) in [6.45, 7) is 0. The Kier molecular flexibility index (Phi) is 4.43. The van der Waals surface area contributed by atoms with Crippen LogP contribution < -0.4 is 0 Å². The normalized spacial score (nSPS) is 14.0. The molecule has 0 atom stereocenters. The van der Waals surface area contributed by atoms with E-state index in [-0.39, 0.29) is 5.78 Å². The maximum atomic E-state index is 12.3. The van der Waals surface area contributed by atoms with Gasteiger partial charge in [0.2, 0.25) is 0 Å². The number of rotatable bonds is 6. The Labute approximate surface area is 152 Å². The summed E-state index contributed by atoms with van der Waals surface area (Å²) in [5.74, 6) is 1.32. The van der Waals surface area contributed by atoms with Crippen LogP contribution in [0.3, 0.4) is 0 Å². The van der Waals surface area contributed by atoms with Gasteiger partial charge >= 0.3 is 0 Å². The van der Waals surface area contributed by atoms with Crippen molar-refractivity contribution in [3.05, 3.63) is 52.4 Å². The molecule has 1 aliphatic carbocycles. The maximum Gasteiger partial charge on any atom is 0.192 e. The Balaban J connectivity index is 1.53. The van der Waals surface area contributed by atoms with Gasteiger partial charge in [0.15, 0.2) is 16.8 Å². The van der Waals surface area contributed by atoms with Crippen LogP contribution in [-0.4, -0.2) is 26.3 Å². The Morgan fingerprint density at radius 3 is 2.71 bits per heavy atom. The highest BCUT2D eigenvalue weighted by molar-refractivity contribution is 7.99. The quantitative estimate of drug-likeness (QED) is 0.450. The third-order valence-electron chi connectivity index (χ3n) is 3.82. The molecule has 2 aromatic heterocycles. The second-order valence-corrected chi connectivity index (χ2v) is 7.93. The summed E-state index contributed by atoms with van der Waals surface area (Å²) >= 11 is 8.98.